The van der Waals surface area contributed by atoms with E-state index in [2.05, 4.69) is 21.9 Å². The van der Waals surface area contributed by atoms with Crippen molar-refractivity contribution in [3.05, 3.63) is 57.9 Å². The predicted molar refractivity (Wildman–Crippen MR) is 112 cm³/mol. The lowest BCUT2D eigenvalue weighted by molar-refractivity contribution is 0.122. The zero-order valence-electron chi connectivity index (χ0n) is 17.0. The molecule has 1 fully saturated rings. The van der Waals surface area contributed by atoms with Gasteiger partial charge in [0.25, 0.3) is 0 Å². The topological polar surface area (TPSA) is 73.6 Å². The van der Waals surface area contributed by atoms with Gasteiger partial charge in [0.05, 0.1) is 0 Å². The molecular weight excluding hydrogens is 400 g/mol. The first kappa shape index (κ1) is 18.5. The lowest BCUT2D eigenvalue weighted by Crippen LogP contribution is -2.45. The highest BCUT2D eigenvalue weighted by Gasteiger charge is 2.22. The minimum atomic E-state index is -0.345. The Balaban J connectivity index is 1.14. The third-order valence-corrected chi connectivity index (χ3v) is 6.03. The summed E-state index contributed by atoms with van der Waals surface area (Å²) in [5.41, 5.74) is 2.37. The highest BCUT2D eigenvalue weighted by Crippen LogP contribution is 2.37. The van der Waals surface area contributed by atoms with E-state index >= 15 is 0 Å². The first-order valence-corrected chi connectivity index (χ1v) is 10.4. The summed E-state index contributed by atoms with van der Waals surface area (Å²) in [6.07, 6.45) is 0. The Kier molecular flexibility index (Phi) is 4.47. The van der Waals surface area contributed by atoms with Crippen LogP contribution in [0.25, 0.3) is 11.0 Å². The van der Waals surface area contributed by atoms with Gasteiger partial charge in [-0.25, -0.2) is 4.79 Å². The van der Waals surface area contributed by atoms with Crippen molar-refractivity contribution in [3.63, 3.8) is 0 Å². The van der Waals surface area contributed by atoms with Crippen molar-refractivity contribution in [3.8, 4) is 23.0 Å². The summed E-state index contributed by atoms with van der Waals surface area (Å²) in [6.45, 7) is 5.84. The number of hydrogen-bond donors (Lipinski definition) is 0. The lowest BCUT2D eigenvalue weighted by Gasteiger charge is -2.34. The van der Waals surface area contributed by atoms with E-state index < -0.39 is 0 Å². The number of ether oxygens (including phenoxy) is 4. The summed E-state index contributed by atoms with van der Waals surface area (Å²) in [5.74, 6) is 2.95. The van der Waals surface area contributed by atoms with Crippen LogP contribution < -0.4 is 24.6 Å². The van der Waals surface area contributed by atoms with E-state index in [1.54, 1.807) is 12.1 Å². The van der Waals surface area contributed by atoms with Gasteiger partial charge in [0.1, 0.15) is 5.58 Å². The predicted octanol–water partition coefficient (Wildman–Crippen LogP) is 2.57. The molecule has 3 aliphatic rings. The fourth-order valence-electron chi connectivity index (χ4n) is 4.39. The summed E-state index contributed by atoms with van der Waals surface area (Å²) in [6, 6.07) is 11.4. The van der Waals surface area contributed by atoms with Gasteiger partial charge in [-0.05, 0) is 29.3 Å². The highest BCUT2D eigenvalue weighted by molar-refractivity contribution is 5.84. The average Bonchev–Trinajstić information content (AvgIpc) is 3.42. The monoisotopic (exact) mass is 422 g/mol. The van der Waals surface area contributed by atoms with Crippen LogP contribution in [0.1, 0.15) is 11.1 Å². The van der Waals surface area contributed by atoms with E-state index in [4.69, 9.17) is 23.4 Å². The molecule has 0 saturated carbocycles. The summed E-state index contributed by atoms with van der Waals surface area (Å²) in [7, 11) is 0. The van der Waals surface area contributed by atoms with Gasteiger partial charge in [-0.3, -0.25) is 9.80 Å². The zero-order chi connectivity index (χ0) is 20.8. The van der Waals surface area contributed by atoms with Crippen LogP contribution >= 0.6 is 0 Å². The van der Waals surface area contributed by atoms with Gasteiger partial charge < -0.3 is 23.4 Å². The van der Waals surface area contributed by atoms with Crippen LogP contribution in [-0.4, -0.2) is 49.6 Å². The summed E-state index contributed by atoms with van der Waals surface area (Å²) < 4.78 is 27.2. The highest BCUT2D eigenvalue weighted by atomic mass is 16.7. The molecule has 0 radical (unpaired) electrons. The Bertz CT molecular complexity index is 1200. The molecular formula is C23H22N2O6. The maximum Gasteiger partial charge on any atom is 0.336 e. The second kappa shape index (κ2) is 7.47. The Morgan fingerprint density at radius 2 is 1.35 bits per heavy atom. The number of fused-ring (bicyclic) bond motifs is 3. The SMILES string of the molecule is O=c1cc(CN2CCN(Cc3ccc4c(c3)OCO4)CC2)c2cc3c(cc2o1)OCO3. The standard InChI is InChI=1S/C23H22N2O6/c26-23-8-16(17-9-21-22(30-14-29-21)10-19(17)31-23)12-25-5-3-24(4-6-25)11-15-1-2-18-20(7-15)28-13-27-18/h1-2,7-10H,3-6,11-14H2. The van der Waals surface area contributed by atoms with Crippen LogP contribution in [0.5, 0.6) is 23.0 Å². The number of benzene rings is 2. The molecule has 1 aromatic heterocycles. The normalized spacial score (nSPS) is 18.1. The molecule has 0 atom stereocenters. The largest absolute Gasteiger partial charge is 0.454 e. The average molecular weight is 422 g/mol. The van der Waals surface area contributed by atoms with Gasteiger partial charge in [0.15, 0.2) is 23.0 Å². The Morgan fingerprint density at radius 1 is 0.710 bits per heavy atom. The Morgan fingerprint density at radius 3 is 2.13 bits per heavy atom. The van der Waals surface area contributed by atoms with E-state index in [1.807, 2.05) is 12.1 Å². The summed E-state index contributed by atoms with van der Waals surface area (Å²) in [5, 5.41) is 0.895. The van der Waals surface area contributed by atoms with Crippen molar-refractivity contribution in [2.45, 2.75) is 13.1 Å². The second-order valence-corrected chi connectivity index (χ2v) is 8.03. The fraction of sp³-hybridized carbons (Fsp3) is 0.348. The van der Waals surface area contributed by atoms with Gasteiger partial charge in [-0.15, -0.1) is 0 Å². The first-order chi connectivity index (χ1) is 15.2. The maximum absolute atomic E-state index is 12.1. The van der Waals surface area contributed by atoms with E-state index in [-0.39, 0.29) is 12.4 Å². The molecule has 0 N–H and O–H groups in total. The maximum atomic E-state index is 12.1. The Labute approximate surface area is 178 Å². The molecule has 0 aliphatic carbocycles. The quantitative estimate of drug-likeness (QED) is 0.594. The molecule has 0 bridgehead atoms. The number of nitrogens with zero attached hydrogens (tertiary/aromatic N) is 2. The van der Waals surface area contributed by atoms with Crippen molar-refractivity contribution in [1.29, 1.82) is 0 Å². The smallest absolute Gasteiger partial charge is 0.336 e. The van der Waals surface area contributed by atoms with Crippen LogP contribution in [0.4, 0.5) is 0 Å². The van der Waals surface area contributed by atoms with Crippen LogP contribution in [0.15, 0.2) is 45.6 Å². The third kappa shape index (κ3) is 3.58. The molecule has 3 aromatic rings. The molecule has 0 unspecified atom stereocenters. The molecule has 0 spiro atoms. The van der Waals surface area contributed by atoms with Gasteiger partial charge in [0.2, 0.25) is 13.6 Å². The zero-order valence-corrected chi connectivity index (χ0v) is 17.0. The molecule has 4 heterocycles. The molecule has 8 nitrogen and oxygen atoms in total. The van der Waals surface area contributed by atoms with E-state index in [9.17, 15) is 4.79 Å². The molecule has 8 heteroatoms. The first-order valence-electron chi connectivity index (χ1n) is 10.4. The molecule has 3 aliphatic heterocycles. The van der Waals surface area contributed by atoms with E-state index in [0.717, 1.165) is 55.2 Å². The molecule has 31 heavy (non-hydrogen) atoms. The van der Waals surface area contributed by atoms with Crippen LogP contribution in [0.2, 0.25) is 0 Å². The van der Waals surface area contributed by atoms with Crippen LogP contribution in [0.3, 0.4) is 0 Å². The van der Waals surface area contributed by atoms with Gasteiger partial charge in [-0.1, -0.05) is 6.07 Å². The molecule has 1 saturated heterocycles. The molecule has 160 valence electrons. The second-order valence-electron chi connectivity index (χ2n) is 8.03. The minimum Gasteiger partial charge on any atom is -0.454 e. The lowest BCUT2D eigenvalue weighted by atomic mass is 10.1. The minimum absolute atomic E-state index is 0.191. The van der Waals surface area contributed by atoms with Crippen molar-refractivity contribution in [2.24, 2.45) is 0 Å². The number of rotatable bonds is 4. The van der Waals surface area contributed by atoms with Crippen molar-refractivity contribution in [1.82, 2.24) is 9.80 Å². The van der Waals surface area contributed by atoms with Gasteiger partial charge in [-0.2, -0.15) is 0 Å². The van der Waals surface area contributed by atoms with E-state index in [1.165, 1.54) is 5.56 Å². The summed E-state index contributed by atoms with van der Waals surface area (Å²) in [4.78, 5) is 16.9. The molecule has 0 amide bonds. The van der Waals surface area contributed by atoms with Gasteiger partial charge in [0, 0.05) is 56.8 Å². The van der Waals surface area contributed by atoms with Gasteiger partial charge >= 0.3 is 5.63 Å². The van der Waals surface area contributed by atoms with Crippen molar-refractivity contribution in [2.75, 3.05) is 39.8 Å². The Hall–Kier alpha value is -3.23. The molecule has 2 aromatic carbocycles. The van der Waals surface area contributed by atoms with Crippen molar-refractivity contribution >= 4 is 11.0 Å². The number of piperazine rings is 1. The van der Waals surface area contributed by atoms with Crippen LogP contribution in [-0.2, 0) is 13.1 Å². The fourth-order valence-corrected chi connectivity index (χ4v) is 4.39. The molecule has 6 rings (SSSR count). The summed E-state index contributed by atoms with van der Waals surface area (Å²) >= 11 is 0. The van der Waals surface area contributed by atoms with E-state index in [0.29, 0.717) is 30.4 Å². The van der Waals surface area contributed by atoms with Crippen LogP contribution in [0, 0.1) is 0 Å². The number of hydrogen-bond acceptors (Lipinski definition) is 8. The van der Waals surface area contributed by atoms with Crippen molar-refractivity contribution < 1.29 is 23.4 Å². The third-order valence-electron chi connectivity index (χ3n) is 6.03.